The Kier molecular flexibility index (Phi) is 4.62. The van der Waals surface area contributed by atoms with Crippen LogP contribution in [-0.2, 0) is 22.3 Å². The van der Waals surface area contributed by atoms with Crippen LogP contribution in [0.1, 0.15) is 30.7 Å². The van der Waals surface area contributed by atoms with E-state index in [2.05, 4.69) is 19.9 Å². The van der Waals surface area contributed by atoms with E-state index in [-0.39, 0.29) is 5.41 Å². The van der Waals surface area contributed by atoms with Gasteiger partial charge in [-0.15, -0.1) is 0 Å². The molecule has 3 aromatic rings. The van der Waals surface area contributed by atoms with E-state index in [0.29, 0.717) is 31.6 Å². The number of ether oxygens (including phenoxy) is 3. The predicted octanol–water partition coefficient (Wildman–Crippen LogP) is 4.29. The molecule has 0 saturated carbocycles. The first-order chi connectivity index (χ1) is 14.9. The molecule has 158 valence electrons. The second-order valence-corrected chi connectivity index (χ2v) is 9.05. The summed E-state index contributed by atoms with van der Waals surface area (Å²) in [4.78, 5) is 0. The second kappa shape index (κ2) is 7.23. The van der Waals surface area contributed by atoms with Crippen LogP contribution in [0.15, 0.2) is 48.5 Å². The molecule has 0 N–H and O–H groups in total. The van der Waals surface area contributed by atoms with Gasteiger partial charge in [0.2, 0.25) is 0 Å². The number of para-hydroxylation sites is 2. The minimum Gasteiger partial charge on any atom is -0.494 e. The Balaban J connectivity index is 1.62. The number of methoxy groups -OCH3 is 1. The molecule has 1 spiro atoms. The highest BCUT2D eigenvalue weighted by Gasteiger charge is 2.48. The predicted molar refractivity (Wildman–Crippen MR) is 116 cm³/mol. The molecule has 0 radical (unpaired) electrons. The molecule has 0 bridgehead atoms. The van der Waals surface area contributed by atoms with E-state index in [4.69, 9.17) is 19.3 Å². The third-order valence-corrected chi connectivity index (χ3v) is 6.00. The van der Waals surface area contributed by atoms with Crippen LogP contribution in [0.3, 0.4) is 0 Å². The molecule has 6 nitrogen and oxygen atoms in total. The van der Waals surface area contributed by atoms with Gasteiger partial charge in [-0.1, -0.05) is 38.1 Å². The molecule has 0 unspecified atom stereocenters. The number of fused-ring (bicyclic) bond motifs is 1. The van der Waals surface area contributed by atoms with Crippen LogP contribution in [0.2, 0.25) is 0 Å². The van der Waals surface area contributed by atoms with Crippen molar-refractivity contribution in [3.8, 4) is 28.8 Å². The summed E-state index contributed by atoms with van der Waals surface area (Å²) >= 11 is 0. The third kappa shape index (κ3) is 3.40. The number of nitriles is 1. The zero-order chi connectivity index (χ0) is 21.6. The first-order valence-electron chi connectivity index (χ1n) is 10.5. The van der Waals surface area contributed by atoms with Crippen LogP contribution < -0.4 is 4.74 Å². The monoisotopic (exact) mass is 415 g/mol. The zero-order valence-electron chi connectivity index (χ0n) is 18.0. The van der Waals surface area contributed by atoms with Crippen molar-refractivity contribution in [3.05, 3.63) is 65.4 Å². The van der Waals surface area contributed by atoms with Crippen LogP contribution in [0.5, 0.6) is 5.75 Å². The molecule has 1 aliphatic carbocycles. The van der Waals surface area contributed by atoms with Gasteiger partial charge in [0.05, 0.1) is 43.3 Å². The Morgan fingerprint density at radius 1 is 1.03 bits per heavy atom. The van der Waals surface area contributed by atoms with Crippen LogP contribution in [0.4, 0.5) is 0 Å². The molecule has 2 heterocycles. The molecule has 0 amide bonds. The molecule has 5 rings (SSSR count). The lowest BCUT2D eigenvalue weighted by Crippen LogP contribution is -2.48. The fourth-order valence-electron chi connectivity index (χ4n) is 4.33. The highest BCUT2D eigenvalue weighted by Crippen LogP contribution is 2.44. The van der Waals surface area contributed by atoms with Gasteiger partial charge in [0.25, 0.3) is 0 Å². The summed E-state index contributed by atoms with van der Waals surface area (Å²) in [6.45, 7) is 5.63. The smallest absolute Gasteiger partial charge is 0.178 e. The van der Waals surface area contributed by atoms with Crippen molar-refractivity contribution in [2.75, 3.05) is 20.3 Å². The average molecular weight is 415 g/mol. The van der Waals surface area contributed by atoms with Gasteiger partial charge in [-0.3, -0.25) is 0 Å². The SMILES string of the molecule is COc1ccccc1-n1nc2c(c1-c1ccc(C#N)cc1)CC1(C2)OCC(C)(C)CO1. The molecule has 0 atom stereocenters. The largest absolute Gasteiger partial charge is 0.494 e. The van der Waals surface area contributed by atoms with Gasteiger partial charge in [0, 0.05) is 29.4 Å². The summed E-state index contributed by atoms with van der Waals surface area (Å²) in [5, 5.41) is 14.2. The highest BCUT2D eigenvalue weighted by atomic mass is 16.7. The van der Waals surface area contributed by atoms with Gasteiger partial charge < -0.3 is 14.2 Å². The van der Waals surface area contributed by atoms with Gasteiger partial charge in [0.1, 0.15) is 11.4 Å². The molecule has 1 aromatic heterocycles. The summed E-state index contributed by atoms with van der Waals surface area (Å²) in [7, 11) is 1.66. The number of rotatable bonds is 3. The summed E-state index contributed by atoms with van der Waals surface area (Å²) in [6.07, 6.45) is 1.26. The standard InChI is InChI=1S/C25H25N3O3/c1-24(2)15-30-25(31-16-24)12-19-20(13-25)27-28(21-6-4-5-7-22(21)29-3)23(19)18-10-8-17(14-26)9-11-18/h4-11H,12-13,15-16H2,1-3H3. The highest BCUT2D eigenvalue weighted by molar-refractivity contribution is 5.70. The maximum atomic E-state index is 9.21. The Morgan fingerprint density at radius 2 is 1.74 bits per heavy atom. The van der Waals surface area contributed by atoms with Crippen LogP contribution in [0, 0.1) is 16.7 Å². The third-order valence-electron chi connectivity index (χ3n) is 6.00. The lowest BCUT2D eigenvalue weighted by molar-refractivity contribution is -0.293. The molecule has 6 heteroatoms. The Morgan fingerprint density at radius 3 is 2.42 bits per heavy atom. The quantitative estimate of drug-likeness (QED) is 0.638. The lowest BCUT2D eigenvalue weighted by Gasteiger charge is -2.41. The molecule has 1 aliphatic heterocycles. The van der Waals surface area contributed by atoms with Crippen molar-refractivity contribution < 1.29 is 14.2 Å². The number of hydrogen-bond acceptors (Lipinski definition) is 5. The molecule has 2 aromatic carbocycles. The van der Waals surface area contributed by atoms with E-state index in [1.54, 1.807) is 7.11 Å². The van der Waals surface area contributed by atoms with Gasteiger partial charge in [-0.05, 0) is 24.3 Å². The number of benzene rings is 2. The minimum absolute atomic E-state index is 0.0124. The normalized spacial score (nSPS) is 18.5. The summed E-state index contributed by atoms with van der Waals surface area (Å²) < 4.78 is 20.1. The summed E-state index contributed by atoms with van der Waals surface area (Å²) in [5.74, 6) is 0.106. The van der Waals surface area contributed by atoms with Crippen LogP contribution >= 0.6 is 0 Å². The lowest BCUT2D eigenvalue weighted by atomic mass is 9.94. The van der Waals surface area contributed by atoms with Crippen molar-refractivity contribution in [2.24, 2.45) is 5.41 Å². The minimum atomic E-state index is -0.644. The van der Waals surface area contributed by atoms with Crippen molar-refractivity contribution in [2.45, 2.75) is 32.5 Å². The number of hydrogen-bond donors (Lipinski definition) is 0. The Hall–Kier alpha value is -3.14. The molecule has 1 fully saturated rings. The van der Waals surface area contributed by atoms with Gasteiger partial charge in [-0.25, -0.2) is 4.68 Å². The Labute approximate surface area is 182 Å². The van der Waals surface area contributed by atoms with Crippen molar-refractivity contribution in [1.82, 2.24) is 9.78 Å². The van der Waals surface area contributed by atoms with E-state index in [9.17, 15) is 5.26 Å². The summed E-state index contributed by atoms with van der Waals surface area (Å²) in [5.41, 5.74) is 5.59. The average Bonchev–Trinajstić information content (AvgIpc) is 3.30. The fourth-order valence-corrected chi connectivity index (χ4v) is 4.33. The molecule has 31 heavy (non-hydrogen) atoms. The molecular weight excluding hydrogens is 390 g/mol. The first kappa shape index (κ1) is 19.8. The first-order valence-corrected chi connectivity index (χ1v) is 10.5. The van der Waals surface area contributed by atoms with E-state index in [1.807, 2.05) is 53.2 Å². The van der Waals surface area contributed by atoms with Gasteiger partial charge in [0.15, 0.2) is 5.79 Å². The summed E-state index contributed by atoms with van der Waals surface area (Å²) in [6, 6.07) is 17.7. The molecule has 2 aliphatic rings. The van der Waals surface area contributed by atoms with Crippen LogP contribution in [0.25, 0.3) is 16.9 Å². The fraction of sp³-hybridized carbons (Fsp3) is 0.360. The number of nitrogens with zero attached hydrogens (tertiary/aromatic N) is 3. The molecular formula is C25H25N3O3. The van der Waals surface area contributed by atoms with E-state index in [1.165, 1.54) is 0 Å². The van der Waals surface area contributed by atoms with E-state index in [0.717, 1.165) is 34.0 Å². The molecule has 1 saturated heterocycles. The van der Waals surface area contributed by atoms with Crippen molar-refractivity contribution in [1.29, 1.82) is 5.26 Å². The van der Waals surface area contributed by atoms with Crippen molar-refractivity contribution >= 4 is 0 Å². The van der Waals surface area contributed by atoms with Gasteiger partial charge in [-0.2, -0.15) is 10.4 Å². The van der Waals surface area contributed by atoms with Crippen molar-refractivity contribution in [3.63, 3.8) is 0 Å². The van der Waals surface area contributed by atoms with Crippen LogP contribution in [-0.4, -0.2) is 35.9 Å². The topological polar surface area (TPSA) is 69.3 Å². The Bertz CT molecular complexity index is 1160. The van der Waals surface area contributed by atoms with E-state index < -0.39 is 5.79 Å². The number of aromatic nitrogens is 2. The zero-order valence-corrected chi connectivity index (χ0v) is 18.0. The maximum Gasteiger partial charge on any atom is 0.178 e. The second-order valence-electron chi connectivity index (χ2n) is 9.05. The maximum absolute atomic E-state index is 9.21. The van der Waals surface area contributed by atoms with Gasteiger partial charge >= 0.3 is 0 Å². The van der Waals surface area contributed by atoms with E-state index >= 15 is 0 Å².